The van der Waals surface area contributed by atoms with Crippen molar-refractivity contribution < 1.29 is 14.8 Å². The average molecular weight is 527 g/mol. The first-order valence-electron chi connectivity index (χ1n) is 13.2. The third kappa shape index (κ3) is 4.66. The molecule has 0 saturated heterocycles. The average Bonchev–Trinajstić information content (AvgIpc) is 3.23. The van der Waals surface area contributed by atoms with E-state index in [1.807, 2.05) is 53.7 Å². The minimum atomic E-state index is -2.23. The summed E-state index contributed by atoms with van der Waals surface area (Å²) in [6.07, 6.45) is 1.83. The number of nitrogens with zero attached hydrogens (tertiary/aromatic N) is 3. The number of rotatable bonds is 4. The van der Waals surface area contributed by atoms with Crippen molar-refractivity contribution in [2.24, 2.45) is 0 Å². The second kappa shape index (κ2) is 9.72. The highest BCUT2D eigenvalue weighted by molar-refractivity contribution is 6.93. The maximum absolute atomic E-state index is 10.7. The Labute approximate surface area is 228 Å². The predicted molar refractivity (Wildman–Crippen MR) is 157 cm³/mol. The van der Waals surface area contributed by atoms with Crippen LogP contribution in [0, 0.1) is 11.3 Å². The molecule has 1 aromatic rings. The molecule has 1 aromatic carbocycles. The highest BCUT2D eigenvalue weighted by Gasteiger charge is 2.50. The van der Waals surface area contributed by atoms with Gasteiger partial charge in [-0.1, -0.05) is 94.5 Å². The molecule has 1 unspecified atom stereocenters. The fourth-order valence-corrected chi connectivity index (χ4v) is 7.79. The fraction of sp³-hybridized carbons (Fsp3) is 0.375. The van der Waals surface area contributed by atoms with E-state index in [2.05, 4.69) is 78.9 Å². The molecule has 5 nitrogen and oxygen atoms in total. The Kier molecular flexibility index (Phi) is 7.07. The second-order valence-corrected chi connectivity index (χ2v) is 18.0. The highest BCUT2D eigenvalue weighted by Crippen LogP contribution is 2.51. The smallest absolute Gasteiger partial charge is 0.222 e. The maximum Gasteiger partial charge on any atom is 0.222 e. The molecular formula is C32H40N3O2Si+. The quantitative estimate of drug-likeness (QED) is 0.131. The maximum atomic E-state index is 10.7. The van der Waals surface area contributed by atoms with Gasteiger partial charge in [-0.25, -0.2) is 0 Å². The van der Waals surface area contributed by atoms with Gasteiger partial charge in [0.05, 0.1) is 19.2 Å². The number of benzene rings is 1. The Hall–Kier alpha value is -3.40. The van der Waals surface area contributed by atoms with E-state index in [0.29, 0.717) is 11.3 Å². The Morgan fingerprint density at radius 2 is 1.50 bits per heavy atom. The summed E-state index contributed by atoms with van der Waals surface area (Å²) in [5, 5.41) is 24.4. The monoisotopic (exact) mass is 526 g/mol. The molecular weight excluding hydrogens is 486 g/mol. The Bertz CT molecular complexity index is 1420. The van der Waals surface area contributed by atoms with Crippen LogP contribution in [-0.4, -0.2) is 41.9 Å². The molecule has 3 aliphatic rings. The first kappa shape index (κ1) is 27.6. The molecule has 1 heterocycles. The van der Waals surface area contributed by atoms with Crippen LogP contribution in [0.3, 0.4) is 0 Å². The lowest BCUT2D eigenvalue weighted by molar-refractivity contribution is -0.750. The molecule has 4 rings (SSSR count). The van der Waals surface area contributed by atoms with E-state index in [-0.39, 0.29) is 5.04 Å². The third-order valence-corrected chi connectivity index (χ3v) is 13.5. The van der Waals surface area contributed by atoms with Gasteiger partial charge in [-0.15, -0.1) is 5.06 Å². The number of hydroxylamine groups is 3. The van der Waals surface area contributed by atoms with Gasteiger partial charge in [0.1, 0.15) is 12.1 Å². The normalized spacial score (nSPS) is 17.6. The van der Waals surface area contributed by atoms with Gasteiger partial charge in [0.2, 0.25) is 6.21 Å². The first-order chi connectivity index (χ1) is 17.7. The molecule has 38 heavy (non-hydrogen) atoms. The summed E-state index contributed by atoms with van der Waals surface area (Å²) in [4.78, 5) is 6.63. The summed E-state index contributed by atoms with van der Waals surface area (Å²) < 4.78 is 1.14. The molecule has 0 amide bonds. The summed E-state index contributed by atoms with van der Waals surface area (Å²) in [5.41, 5.74) is 5.35. The lowest BCUT2D eigenvalue weighted by Gasteiger charge is -2.41. The van der Waals surface area contributed by atoms with Crippen LogP contribution in [0.2, 0.25) is 18.1 Å². The van der Waals surface area contributed by atoms with E-state index in [0.717, 1.165) is 32.6 Å². The number of hydrogen-bond donors (Lipinski definition) is 1. The van der Waals surface area contributed by atoms with Crippen molar-refractivity contribution in [2.45, 2.75) is 71.3 Å². The summed E-state index contributed by atoms with van der Waals surface area (Å²) in [7, 11) is -0.586. The molecule has 6 heteroatoms. The van der Waals surface area contributed by atoms with E-state index in [4.69, 9.17) is 4.84 Å². The predicted octanol–water partition coefficient (Wildman–Crippen LogP) is 6.98. The fourth-order valence-electron chi connectivity index (χ4n) is 5.22. The summed E-state index contributed by atoms with van der Waals surface area (Å²) in [6, 6.07) is 22.4. The summed E-state index contributed by atoms with van der Waals surface area (Å²) in [5.74, 6) is 0.605. The first-order valence-corrected chi connectivity index (χ1v) is 16.2. The molecule has 0 aromatic heterocycles. The van der Waals surface area contributed by atoms with Crippen LogP contribution < -0.4 is 5.19 Å². The van der Waals surface area contributed by atoms with Gasteiger partial charge in [0, 0.05) is 11.1 Å². The lowest BCUT2D eigenvalue weighted by Crippen LogP contribution is -2.53. The molecule has 0 fully saturated rings. The number of hydrogen-bond acceptors (Lipinski definition) is 4. The van der Waals surface area contributed by atoms with Crippen LogP contribution in [0.1, 0.15) is 64.3 Å². The van der Waals surface area contributed by atoms with Crippen molar-refractivity contribution in [3.8, 4) is 17.2 Å². The minimum Gasteiger partial charge on any atom is -0.403 e. The van der Waals surface area contributed by atoms with Gasteiger partial charge in [-0.3, -0.25) is 5.21 Å². The van der Waals surface area contributed by atoms with Gasteiger partial charge in [-0.05, 0) is 52.4 Å². The molecule has 0 spiro atoms. The Balaban J connectivity index is 2.21. The number of nitriles is 1. The Morgan fingerprint density at radius 1 is 0.947 bits per heavy atom. The third-order valence-electron chi connectivity index (χ3n) is 8.01. The zero-order valence-corrected chi connectivity index (χ0v) is 25.1. The van der Waals surface area contributed by atoms with Crippen LogP contribution in [0.5, 0.6) is 0 Å². The van der Waals surface area contributed by atoms with Crippen molar-refractivity contribution in [3.63, 3.8) is 0 Å². The van der Waals surface area contributed by atoms with Crippen LogP contribution in [0.25, 0.3) is 16.9 Å². The summed E-state index contributed by atoms with van der Waals surface area (Å²) >= 11 is 0. The van der Waals surface area contributed by atoms with E-state index < -0.39 is 19.7 Å². The van der Waals surface area contributed by atoms with Gasteiger partial charge >= 0.3 is 0 Å². The van der Waals surface area contributed by atoms with Crippen molar-refractivity contribution in [2.75, 3.05) is 7.05 Å². The van der Waals surface area contributed by atoms with E-state index in [1.165, 1.54) is 5.19 Å². The lowest BCUT2D eigenvalue weighted by atomic mass is 9.93. The van der Waals surface area contributed by atoms with Gasteiger partial charge in [0.25, 0.3) is 0 Å². The molecule has 1 atom stereocenters. The minimum absolute atomic E-state index is 0.00966. The van der Waals surface area contributed by atoms with E-state index >= 15 is 0 Å². The summed E-state index contributed by atoms with van der Waals surface area (Å²) in [6.45, 7) is 18.1. The van der Waals surface area contributed by atoms with Crippen LogP contribution >= 0.6 is 0 Å². The second-order valence-electron chi connectivity index (χ2n) is 12.7. The standard InChI is InChI=1S/C32H40N3O2Si/c1-31(2,3)35-28(25(20-33)29(37-35)22-16-12-10-13-17-22)27-24-19-15-11-14-18-23(24)26(21-34(7)36)30(27)38(8,9)32(4,5)6/h10-19,21,28,36H,1-9H3/q+1/b34-21-. The van der Waals surface area contributed by atoms with Crippen LogP contribution in [0.4, 0.5) is 0 Å². The molecule has 0 bridgehead atoms. The van der Waals surface area contributed by atoms with E-state index in [9.17, 15) is 10.5 Å². The molecule has 1 aliphatic heterocycles. The van der Waals surface area contributed by atoms with Crippen molar-refractivity contribution in [1.29, 1.82) is 5.26 Å². The Morgan fingerprint density at radius 3 is 2.00 bits per heavy atom. The zero-order chi connectivity index (χ0) is 28.0. The van der Waals surface area contributed by atoms with Gasteiger partial charge in [0.15, 0.2) is 12.8 Å². The largest absolute Gasteiger partial charge is 0.403 e. The van der Waals surface area contributed by atoms with Gasteiger partial charge in [-0.2, -0.15) is 5.26 Å². The highest BCUT2D eigenvalue weighted by atomic mass is 28.3. The topological polar surface area (TPSA) is 59.5 Å². The van der Waals surface area contributed by atoms with Crippen LogP contribution in [0.15, 0.2) is 66.2 Å². The molecule has 0 radical (unpaired) electrons. The van der Waals surface area contributed by atoms with Gasteiger partial charge < -0.3 is 4.84 Å². The molecule has 2 aliphatic carbocycles. The van der Waals surface area contributed by atoms with Crippen molar-refractivity contribution in [3.05, 3.63) is 82.9 Å². The SMILES string of the molecule is C/[N+](O)=C/c1c2cccccc-2c(C2C(C#N)=C(c3ccccc3)ON2C(C)(C)C)c1[Si](C)(C)C(C)(C)C. The molecule has 198 valence electrons. The van der Waals surface area contributed by atoms with Crippen molar-refractivity contribution >= 4 is 25.2 Å². The molecule has 0 saturated carbocycles. The van der Waals surface area contributed by atoms with E-state index in [1.54, 1.807) is 7.05 Å². The molecule has 1 N–H and O–H groups in total. The zero-order valence-electron chi connectivity index (χ0n) is 24.1. The van der Waals surface area contributed by atoms with Crippen molar-refractivity contribution in [1.82, 2.24) is 5.06 Å². The van der Waals surface area contributed by atoms with Crippen LogP contribution in [-0.2, 0) is 4.84 Å². The number of fused-ring (bicyclic) bond motifs is 1.